The van der Waals surface area contributed by atoms with Crippen LogP contribution >= 0.6 is 34.4 Å². The van der Waals surface area contributed by atoms with E-state index in [2.05, 4.69) is 84.5 Å². The van der Waals surface area contributed by atoms with Crippen LogP contribution in [0.1, 0.15) is 50.6 Å². The molecule has 174 valence electrons. The van der Waals surface area contributed by atoms with Crippen LogP contribution in [0.5, 0.6) is 0 Å². The maximum atomic E-state index is 4.89. The lowest BCUT2D eigenvalue weighted by molar-refractivity contribution is 0.578. The lowest BCUT2D eigenvalue weighted by Gasteiger charge is -2.23. The Morgan fingerprint density at radius 3 is 2.47 bits per heavy atom. The number of hydrogen-bond donors (Lipinski definition) is 0. The SMILES string of the molecule is C=CSc1ccc(-c2nccc3c2sc2cc4sc(C)c(CC(C)C)c4cc23)cc1C(C)(C)C. The molecule has 0 aliphatic carbocycles. The third kappa shape index (κ3) is 4.10. The minimum atomic E-state index is 0.0461. The van der Waals surface area contributed by atoms with Gasteiger partial charge in [0.1, 0.15) is 0 Å². The molecular formula is C30H31NS3. The average Bonchev–Trinajstić information content (AvgIpc) is 3.28. The van der Waals surface area contributed by atoms with Crippen LogP contribution in [0.4, 0.5) is 0 Å². The Morgan fingerprint density at radius 2 is 1.76 bits per heavy atom. The molecule has 0 radical (unpaired) electrons. The molecule has 0 saturated heterocycles. The van der Waals surface area contributed by atoms with Crippen LogP contribution in [0, 0.1) is 12.8 Å². The summed E-state index contributed by atoms with van der Waals surface area (Å²) in [7, 11) is 0. The second kappa shape index (κ2) is 8.82. The van der Waals surface area contributed by atoms with Crippen molar-refractivity contribution < 1.29 is 0 Å². The molecule has 34 heavy (non-hydrogen) atoms. The Hall–Kier alpha value is -2.14. The highest BCUT2D eigenvalue weighted by Crippen LogP contribution is 2.44. The van der Waals surface area contributed by atoms with Crippen molar-refractivity contribution >= 4 is 64.7 Å². The van der Waals surface area contributed by atoms with Crippen molar-refractivity contribution in [1.82, 2.24) is 4.98 Å². The Morgan fingerprint density at radius 1 is 1.00 bits per heavy atom. The zero-order valence-electron chi connectivity index (χ0n) is 20.8. The number of thioether (sulfide) groups is 1. The molecule has 0 unspecified atom stereocenters. The van der Waals surface area contributed by atoms with E-state index in [1.807, 2.05) is 34.3 Å². The first-order valence-corrected chi connectivity index (χ1v) is 14.3. The van der Waals surface area contributed by atoms with E-state index < -0.39 is 0 Å². The molecule has 0 spiro atoms. The monoisotopic (exact) mass is 501 g/mol. The van der Waals surface area contributed by atoms with Gasteiger partial charge in [0.05, 0.1) is 10.4 Å². The van der Waals surface area contributed by atoms with E-state index >= 15 is 0 Å². The topological polar surface area (TPSA) is 12.9 Å². The van der Waals surface area contributed by atoms with E-state index in [1.165, 1.54) is 56.7 Å². The molecule has 2 aromatic carbocycles. The second-order valence-corrected chi connectivity index (χ2v) is 13.8. The summed E-state index contributed by atoms with van der Waals surface area (Å²) in [6.07, 6.45) is 3.11. The zero-order valence-corrected chi connectivity index (χ0v) is 23.2. The number of hydrogen-bond acceptors (Lipinski definition) is 4. The van der Waals surface area contributed by atoms with Gasteiger partial charge in [-0.25, -0.2) is 0 Å². The predicted octanol–water partition coefficient (Wildman–Crippen LogP) is 10.4. The average molecular weight is 502 g/mol. The normalized spacial score (nSPS) is 12.4. The van der Waals surface area contributed by atoms with E-state index in [-0.39, 0.29) is 5.41 Å². The van der Waals surface area contributed by atoms with Crippen LogP contribution in [0.15, 0.2) is 59.5 Å². The Labute approximate surface area is 214 Å². The van der Waals surface area contributed by atoms with Gasteiger partial charge in [0.25, 0.3) is 0 Å². The van der Waals surface area contributed by atoms with Crippen molar-refractivity contribution in [2.75, 3.05) is 0 Å². The lowest BCUT2D eigenvalue weighted by atomic mass is 9.85. The Kier molecular flexibility index (Phi) is 6.12. The van der Waals surface area contributed by atoms with Gasteiger partial charge in [0.2, 0.25) is 0 Å². The third-order valence-corrected chi connectivity index (χ3v) is 9.45. The number of fused-ring (bicyclic) bond motifs is 4. The number of pyridine rings is 1. The minimum absolute atomic E-state index is 0.0461. The molecule has 0 atom stereocenters. The molecule has 0 bridgehead atoms. The number of aryl methyl sites for hydroxylation is 1. The highest BCUT2D eigenvalue weighted by Gasteiger charge is 2.21. The number of benzene rings is 2. The summed E-state index contributed by atoms with van der Waals surface area (Å²) in [6.45, 7) is 17.6. The smallest absolute Gasteiger partial charge is 0.0880 e. The number of rotatable bonds is 5. The molecular weight excluding hydrogens is 471 g/mol. The highest BCUT2D eigenvalue weighted by atomic mass is 32.2. The van der Waals surface area contributed by atoms with Crippen molar-refractivity contribution in [3.8, 4) is 11.3 Å². The van der Waals surface area contributed by atoms with Gasteiger partial charge >= 0.3 is 0 Å². The predicted molar refractivity (Wildman–Crippen MR) is 156 cm³/mol. The molecule has 5 aromatic rings. The summed E-state index contributed by atoms with van der Waals surface area (Å²) in [5.41, 5.74) is 5.18. The first-order valence-electron chi connectivity index (χ1n) is 11.8. The van der Waals surface area contributed by atoms with Gasteiger partial charge in [-0.2, -0.15) is 0 Å². The zero-order chi connectivity index (χ0) is 24.2. The van der Waals surface area contributed by atoms with Gasteiger partial charge in [-0.3, -0.25) is 4.98 Å². The minimum Gasteiger partial charge on any atom is -0.255 e. The Balaban J connectivity index is 1.73. The van der Waals surface area contributed by atoms with Crippen LogP contribution < -0.4 is 0 Å². The molecule has 0 amide bonds. The van der Waals surface area contributed by atoms with Crippen LogP contribution in [0.3, 0.4) is 0 Å². The van der Waals surface area contributed by atoms with Crippen molar-refractivity contribution in [2.24, 2.45) is 5.92 Å². The molecule has 3 aromatic heterocycles. The molecule has 0 aliphatic heterocycles. The number of nitrogens with zero attached hydrogens (tertiary/aromatic N) is 1. The van der Waals surface area contributed by atoms with Crippen LogP contribution in [-0.4, -0.2) is 4.98 Å². The molecule has 0 N–H and O–H groups in total. The third-order valence-electron chi connectivity index (χ3n) is 6.39. The lowest BCUT2D eigenvalue weighted by Crippen LogP contribution is -2.12. The Bertz CT molecular complexity index is 1540. The molecule has 0 fully saturated rings. The molecule has 1 nitrogen and oxygen atoms in total. The number of thiophene rings is 2. The fraction of sp³-hybridized carbons (Fsp3) is 0.300. The summed E-state index contributed by atoms with van der Waals surface area (Å²) in [5.74, 6) is 0.654. The van der Waals surface area contributed by atoms with E-state index in [4.69, 9.17) is 4.98 Å². The number of aromatic nitrogens is 1. The van der Waals surface area contributed by atoms with Gasteiger partial charge in [-0.1, -0.05) is 59.0 Å². The van der Waals surface area contributed by atoms with Gasteiger partial charge in [0, 0.05) is 41.7 Å². The van der Waals surface area contributed by atoms with Crippen LogP contribution in [-0.2, 0) is 11.8 Å². The maximum Gasteiger partial charge on any atom is 0.0880 e. The van der Waals surface area contributed by atoms with E-state index in [9.17, 15) is 0 Å². The van der Waals surface area contributed by atoms with Crippen molar-refractivity contribution in [3.05, 3.63) is 70.6 Å². The van der Waals surface area contributed by atoms with Gasteiger partial charge in [0.15, 0.2) is 0 Å². The van der Waals surface area contributed by atoms with Crippen molar-refractivity contribution in [1.29, 1.82) is 0 Å². The van der Waals surface area contributed by atoms with Crippen molar-refractivity contribution in [3.63, 3.8) is 0 Å². The highest BCUT2D eigenvalue weighted by molar-refractivity contribution is 8.02. The summed E-state index contributed by atoms with van der Waals surface area (Å²) in [5, 5.41) is 6.01. The molecule has 0 aliphatic rings. The fourth-order valence-electron chi connectivity index (χ4n) is 4.79. The van der Waals surface area contributed by atoms with Gasteiger partial charge < -0.3 is 0 Å². The summed E-state index contributed by atoms with van der Waals surface area (Å²) in [4.78, 5) is 7.61. The first-order chi connectivity index (χ1) is 16.2. The summed E-state index contributed by atoms with van der Waals surface area (Å²) >= 11 is 5.51. The molecule has 3 heterocycles. The summed E-state index contributed by atoms with van der Waals surface area (Å²) < 4.78 is 4.03. The fourth-order valence-corrected chi connectivity index (χ4v) is 8.03. The maximum absolute atomic E-state index is 4.89. The van der Waals surface area contributed by atoms with E-state index in [0.717, 1.165) is 12.1 Å². The van der Waals surface area contributed by atoms with Crippen molar-refractivity contribution in [2.45, 2.75) is 58.3 Å². The summed E-state index contributed by atoms with van der Waals surface area (Å²) in [6, 6.07) is 13.8. The molecule has 4 heteroatoms. The van der Waals surface area contributed by atoms with Gasteiger partial charge in [-0.15, -0.1) is 22.7 Å². The molecule has 5 rings (SSSR count). The largest absolute Gasteiger partial charge is 0.255 e. The first kappa shape index (κ1) is 23.6. The van der Waals surface area contributed by atoms with E-state index in [0.29, 0.717) is 5.92 Å². The van der Waals surface area contributed by atoms with Crippen LogP contribution in [0.2, 0.25) is 0 Å². The molecule has 0 saturated carbocycles. The second-order valence-electron chi connectivity index (χ2n) is 10.5. The van der Waals surface area contributed by atoms with Gasteiger partial charge in [-0.05, 0) is 76.9 Å². The van der Waals surface area contributed by atoms with Crippen LogP contribution in [0.25, 0.3) is 41.5 Å². The quantitative estimate of drug-likeness (QED) is 0.222. The van der Waals surface area contributed by atoms with E-state index in [1.54, 1.807) is 11.8 Å². The standard InChI is InChI=1S/C30H31NS3/c1-8-32-25-10-9-19(14-24(25)30(5,6)7)28-29-20(11-12-31-28)22-15-23-21(13-17(2)3)18(4)33-26(23)16-27(22)34-29/h8-12,14-17H,1,13H2,2-7H3.